The van der Waals surface area contributed by atoms with Crippen LogP contribution in [-0.4, -0.2) is 96.7 Å². The normalized spacial score (nSPS) is 13.9. The van der Waals surface area contributed by atoms with Gasteiger partial charge >= 0.3 is 39.5 Å². The summed E-state index contributed by atoms with van der Waals surface area (Å²) in [5.41, 5.74) is 0. The topological polar surface area (TPSA) is 237 Å². The second-order valence-electron chi connectivity index (χ2n) is 31.6. The van der Waals surface area contributed by atoms with Gasteiger partial charge in [0.05, 0.1) is 26.4 Å². The van der Waals surface area contributed by atoms with E-state index in [0.29, 0.717) is 25.7 Å². The fraction of sp³-hybridized carbons (Fsp3) is 0.952. The van der Waals surface area contributed by atoms with Crippen LogP contribution >= 0.6 is 15.6 Å². The molecule has 0 amide bonds. The fourth-order valence-corrected chi connectivity index (χ4v) is 14.6. The van der Waals surface area contributed by atoms with E-state index in [1.165, 1.54) is 244 Å². The number of phosphoric ester groups is 2. The second kappa shape index (κ2) is 74.2. The summed E-state index contributed by atoms with van der Waals surface area (Å²) in [6.45, 7) is 12.0. The molecule has 0 aliphatic heterocycles. The van der Waals surface area contributed by atoms with E-state index in [4.69, 9.17) is 37.0 Å². The Bertz CT molecular complexity index is 1990. The molecule has 0 fully saturated rings. The molecule has 103 heavy (non-hydrogen) atoms. The molecule has 0 aliphatic rings. The number of carbonyl (C=O) groups excluding carboxylic acids is 4. The summed E-state index contributed by atoms with van der Waals surface area (Å²) in [4.78, 5) is 73.0. The highest BCUT2D eigenvalue weighted by Crippen LogP contribution is 2.45. The average molecular weight is 1510 g/mol. The summed E-state index contributed by atoms with van der Waals surface area (Å²) < 4.78 is 68.8. The maximum absolute atomic E-state index is 13.1. The lowest BCUT2D eigenvalue weighted by Gasteiger charge is -2.21. The molecule has 5 atom stereocenters. The number of aliphatic hydroxyl groups is 1. The Hall–Kier alpha value is -1.94. The van der Waals surface area contributed by atoms with Gasteiger partial charge in [-0.15, -0.1) is 0 Å². The quantitative estimate of drug-likeness (QED) is 0.0222. The highest BCUT2D eigenvalue weighted by atomic mass is 31.2. The van der Waals surface area contributed by atoms with E-state index in [-0.39, 0.29) is 25.7 Å². The first-order valence-electron chi connectivity index (χ1n) is 43.3. The lowest BCUT2D eigenvalue weighted by molar-refractivity contribution is -0.161. The Kier molecular flexibility index (Phi) is 72.8. The van der Waals surface area contributed by atoms with Crippen LogP contribution in [0.3, 0.4) is 0 Å². The number of aliphatic hydroxyl groups excluding tert-OH is 1. The highest BCUT2D eigenvalue weighted by Gasteiger charge is 2.30. The number of unbranched alkanes of at least 4 members (excludes halogenated alkanes) is 50. The van der Waals surface area contributed by atoms with Gasteiger partial charge in [0.2, 0.25) is 0 Å². The van der Waals surface area contributed by atoms with Crippen LogP contribution in [0, 0.1) is 17.8 Å². The van der Waals surface area contributed by atoms with E-state index in [2.05, 4.69) is 48.5 Å². The largest absolute Gasteiger partial charge is 0.472 e. The lowest BCUT2D eigenvalue weighted by atomic mass is 10.0. The van der Waals surface area contributed by atoms with E-state index in [1.807, 2.05) is 0 Å². The third kappa shape index (κ3) is 78.0. The number of ether oxygens (including phenoxy) is 4. The number of carbonyl (C=O) groups is 4. The predicted molar refractivity (Wildman–Crippen MR) is 423 cm³/mol. The average Bonchev–Trinajstić information content (AvgIpc) is 0.945. The minimum atomic E-state index is -4.96. The van der Waals surface area contributed by atoms with Crippen LogP contribution in [0.4, 0.5) is 0 Å². The molecule has 17 nitrogen and oxygen atoms in total. The van der Waals surface area contributed by atoms with Gasteiger partial charge in [-0.25, -0.2) is 9.13 Å². The summed E-state index contributed by atoms with van der Waals surface area (Å²) in [6, 6.07) is 0. The first kappa shape index (κ1) is 101. The van der Waals surface area contributed by atoms with Gasteiger partial charge < -0.3 is 33.8 Å². The molecule has 0 saturated heterocycles. The van der Waals surface area contributed by atoms with Gasteiger partial charge in [0.15, 0.2) is 12.2 Å². The molecule has 0 aromatic rings. The molecule has 0 spiro atoms. The van der Waals surface area contributed by atoms with Crippen molar-refractivity contribution in [2.45, 2.75) is 458 Å². The van der Waals surface area contributed by atoms with Crippen LogP contribution in [0.2, 0.25) is 0 Å². The molecular weight excluding hydrogens is 1340 g/mol. The van der Waals surface area contributed by atoms with E-state index >= 15 is 0 Å². The zero-order valence-corrected chi connectivity index (χ0v) is 69.6. The monoisotopic (exact) mass is 1510 g/mol. The standard InChI is InChI=1S/C84H164O17P2/c1-8-9-10-11-12-44-51-58-65-81(86)94-71-79(100-83(88)68-61-54-47-40-34-28-22-20-25-31-37-43-50-57-64-77(6)7)73-98-102(90,91)96-69-78(85)70-97-103(92,93)99-74-80(72-95-82(87)66-59-52-45-38-32-26-21-19-24-30-36-42-49-56-63-76(4)5)101-84(89)67-60-53-46-39-33-27-18-16-14-13-15-17-23-29-35-41-48-55-62-75(2)3/h75-80,85H,8-74H2,1-7H3,(H,90,91)(H,92,93)/t78-,79+,80+/m0/s1. The van der Waals surface area contributed by atoms with Crippen LogP contribution in [0.5, 0.6) is 0 Å². The molecule has 0 saturated carbocycles. The molecule has 0 rings (SSSR count). The molecule has 19 heteroatoms. The van der Waals surface area contributed by atoms with Crippen LogP contribution in [0.1, 0.15) is 440 Å². The molecule has 3 N–H and O–H groups in total. The van der Waals surface area contributed by atoms with E-state index in [1.54, 1.807) is 0 Å². The van der Waals surface area contributed by atoms with Gasteiger partial charge in [0, 0.05) is 25.7 Å². The summed E-state index contributed by atoms with van der Waals surface area (Å²) in [7, 11) is -9.92. The number of esters is 4. The number of rotatable bonds is 82. The second-order valence-corrected chi connectivity index (χ2v) is 34.6. The van der Waals surface area contributed by atoms with Gasteiger partial charge in [0.25, 0.3) is 0 Å². The molecule has 0 heterocycles. The Balaban J connectivity index is 5.19. The number of phosphoric acid groups is 2. The van der Waals surface area contributed by atoms with Crippen molar-refractivity contribution in [3.05, 3.63) is 0 Å². The minimum absolute atomic E-state index is 0.107. The maximum Gasteiger partial charge on any atom is 0.472 e. The molecule has 612 valence electrons. The Morgan fingerprint density at radius 3 is 0.660 bits per heavy atom. The van der Waals surface area contributed by atoms with Gasteiger partial charge in [-0.2, -0.15) is 0 Å². The summed E-state index contributed by atoms with van der Waals surface area (Å²) in [5.74, 6) is 0.306. The number of hydrogen-bond donors (Lipinski definition) is 3. The maximum atomic E-state index is 13.1. The minimum Gasteiger partial charge on any atom is -0.462 e. The van der Waals surface area contributed by atoms with Crippen LogP contribution in [0.15, 0.2) is 0 Å². The zero-order valence-electron chi connectivity index (χ0n) is 67.8. The molecule has 0 radical (unpaired) electrons. The summed E-state index contributed by atoms with van der Waals surface area (Å²) in [5, 5.41) is 10.7. The zero-order chi connectivity index (χ0) is 75.8. The molecular formula is C84H164O17P2. The SMILES string of the molecule is CCCCCCCCCCC(=O)OC[C@H](COP(=O)(O)OC[C@H](O)COP(=O)(O)OC[C@@H](COC(=O)CCCCCCCCCCCCCCCCC(C)C)OC(=O)CCCCCCCCCCCCCCCCCCCCC(C)C)OC(=O)CCCCCCCCCCCCCCCCC(C)C. The fourth-order valence-electron chi connectivity index (χ4n) is 13.0. The molecule has 2 unspecified atom stereocenters. The van der Waals surface area contributed by atoms with Crippen molar-refractivity contribution >= 4 is 39.5 Å². The lowest BCUT2D eigenvalue weighted by Crippen LogP contribution is -2.30. The van der Waals surface area contributed by atoms with Gasteiger partial charge in [0.1, 0.15) is 19.3 Å². The van der Waals surface area contributed by atoms with Gasteiger partial charge in [-0.3, -0.25) is 37.3 Å². The summed E-state index contributed by atoms with van der Waals surface area (Å²) >= 11 is 0. The van der Waals surface area contributed by atoms with Crippen LogP contribution in [0.25, 0.3) is 0 Å². The van der Waals surface area contributed by atoms with E-state index < -0.39 is 97.5 Å². The van der Waals surface area contributed by atoms with Crippen LogP contribution < -0.4 is 0 Å². The van der Waals surface area contributed by atoms with E-state index in [0.717, 1.165) is 114 Å². The first-order valence-corrected chi connectivity index (χ1v) is 46.3. The summed E-state index contributed by atoms with van der Waals surface area (Å²) in [6.07, 6.45) is 63.9. The van der Waals surface area contributed by atoms with Gasteiger partial charge in [-0.1, -0.05) is 389 Å². The van der Waals surface area contributed by atoms with Crippen LogP contribution in [-0.2, 0) is 65.4 Å². The predicted octanol–water partition coefficient (Wildman–Crippen LogP) is 25.3. The van der Waals surface area contributed by atoms with Crippen molar-refractivity contribution in [2.24, 2.45) is 17.8 Å². The third-order valence-electron chi connectivity index (χ3n) is 19.6. The number of hydrogen-bond acceptors (Lipinski definition) is 15. The Morgan fingerprint density at radius 1 is 0.262 bits per heavy atom. The third-order valence-corrected chi connectivity index (χ3v) is 21.5. The van der Waals surface area contributed by atoms with Crippen molar-refractivity contribution in [3.8, 4) is 0 Å². The van der Waals surface area contributed by atoms with Crippen molar-refractivity contribution < 1.29 is 80.2 Å². The van der Waals surface area contributed by atoms with Crippen molar-refractivity contribution in [2.75, 3.05) is 39.6 Å². The molecule has 0 aromatic carbocycles. The Labute approximate surface area is 632 Å². The van der Waals surface area contributed by atoms with Crippen molar-refractivity contribution in [3.63, 3.8) is 0 Å². The van der Waals surface area contributed by atoms with Crippen molar-refractivity contribution in [1.82, 2.24) is 0 Å². The first-order chi connectivity index (χ1) is 49.7. The Morgan fingerprint density at radius 2 is 0.447 bits per heavy atom. The highest BCUT2D eigenvalue weighted by molar-refractivity contribution is 7.47. The van der Waals surface area contributed by atoms with Crippen molar-refractivity contribution in [1.29, 1.82) is 0 Å². The molecule has 0 aliphatic carbocycles. The molecule has 0 bridgehead atoms. The van der Waals surface area contributed by atoms with Gasteiger partial charge in [-0.05, 0) is 43.4 Å². The van der Waals surface area contributed by atoms with E-state index in [9.17, 15) is 43.2 Å². The molecule has 0 aromatic heterocycles. The smallest absolute Gasteiger partial charge is 0.462 e.